The smallest absolute Gasteiger partial charge is 0.193 e. The van der Waals surface area contributed by atoms with Gasteiger partial charge in [0, 0.05) is 29.2 Å². The van der Waals surface area contributed by atoms with E-state index in [1.807, 2.05) is 34.3 Å². The summed E-state index contributed by atoms with van der Waals surface area (Å²) < 4.78 is 7.46. The van der Waals surface area contributed by atoms with E-state index in [2.05, 4.69) is 4.98 Å². The number of halogens is 1. The maximum absolute atomic E-state index is 9.99. The quantitative estimate of drug-likeness (QED) is 0.788. The molecular weight excluding hydrogens is 296 g/mol. The number of nitrogens with zero attached hydrogens (tertiary/aromatic N) is 2. The number of aliphatic hydroxyl groups excluding tert-OH is 1. The van der Waals surface area contributed by atoms with Gasteiger partial charge in [0.2, 0.25) is 0 Å². The molecule has 0 aliphatic rings. The maximum Gasteiger partial charge on any atom is 0.193 e. The Bertz CT molecular complexity index is 681. The van der Waals surface area contributed by atoms with Crippen molar-refractivity contribution in [3.05, 3.63) is 52.8 Å². The van der Waals surface area contributed by atoms with Crippen molar-refractivity contribution in [3.63, 3.8) is 0 Å². The molecule has 1 N–H and O–H groups in total. The third kappa shape index (κ3) is 3.12. The Labute approximate surface area is 125 Å². The normalized spacial score (nSPS) is 12.7. The highest BCUT2D eigenvalue weighted by Crippen LogP contribution is 2.18. The number of imidazole rings is 1. The van der Waals surface area contributed by atoms with Crippen molar-refractivity contribution in [2.45, 2.75) is 12.5 Å². The molecule has 0 spiro atoms. The molecule has 104 valence electrons. The summed E-state index contributed by atoms with van der Waals surface area (Å²) in [6.45, 7) is 0.214. The molecule has 0 amide bonds. The lowest BCUT2D eigenvalue weighted by Crippen LogP contribution is -2.20. The number of hydrogen-bond acceptors (Lipinski definition) is 4. The minimum Gasteiger partial charge on any atom is -0.491 e. The van der Waals surface area contributed by atoms with Gasteiger partial charge in [-0.3, -0.25) is 4.40 Å². The number of thiazole rings is 1. The van der Waals surface area contributed by atoms with Gasteiger partial charge in [-0.2, -0.15) is 0 Å². The molecule has 2 aromatic heterocycles. The van der Waals surface area contributed by atoms with Gasteiger partial charge < -0.3 is 9.84 Å². The number of ether oxygens (including phenoxy) is 1. The Morgan fingerprint density at radius 2 is 2.35 bits per heavy atom. The zero-order chi connectivity index (χ0) is 13.9. The first-order valence-electron chi connectivity index (χ1n) is 6.18. The van der Waals surface area contributed by atoms with Gasteiger partial charge >= 0.3 is 0 Å². The molecule has 0 fully saturated rings. The van der Waals surface area contributed by atoms with Crippen LogP contribution in [-0.2, 0) is 6.42 Å². The summed E-state index contributed by atoms with van der Waals surface area (Å²) in [5.74, 6) is 0.655. The van der Waals surface area contributed by atoms with Crippen molar-refractivity contribution in [1.82, 2.24) is 9.38 Å². The molecule has 0 bridgehead atoms. The molecule has 2 heterocycles. The molecule has 3 aromatic rings. The highest BCUT2D eigenvalue weighted by molar-refractivity contribution is 7.15. The van der Waals surface area contributed by atoms with Gasteiger partial charge in [-0.25, -0.2) is 4.98 Å². The fourth-order valence-electron chi connectivity index (χ4n) is 1.92. The Morgan fingerprint density at radius 3 is 3.15 bits per heavy atom. The van der Waals surface area contributed by atoms with Crippen molar-refractivity contribution >= 4 is 27.9 Å². The van der Waals surface area contributed by atoms with Crippen LogP contribution in [-0.4, -0.2) is 27.2 Å². The Hall–Kier alpha value is -1.56. The first-order chi connectivity index (χ1) is 9.70. The Balaban J connectivity index is 1.57. The second-order valence-electron chi connectivity index (χ2n) is 4.45. The first kappa shape index (κ1) is 13.4. The molecular formula is C14H13ClN2O2S. The summed E-state index contributed by atoms with van der Waals surface area (Å²) in [7, 11) is 0. The predicted molar refractivity (Wildman–Crippen MR) is 79.7 cm³/mol. The van der Waals surface area contributed by atoms with E-state index in [-0.39, 0.29) is 6.61 Å². The summed E-state index contributed by atoms with van der Waals surface area (Å²) in [4.78, 5) is 5.36. The van der Waals surface area contributed by atoms with E-state index in [9.17, 15) is 5.11 Å². The minimum atomic E-state index is -0.599. The average Bonchev–Trinajstić information content (AvgIpc) is 2.97. The van der Waals surface area contributed by atoms with Crippen LogP contribution in [0.2, 0.25) is 5.02 Å². The van der Waals surface area contributed by atoms with Crippen molar-refractivity contribution < 1.29 is 9.84 Å². The van der Waals surface area contributed by atoms with Crippen molar-refractivity contribution in [2.75, 3.05) is 6.61 Å². The zero-order valence-corrected chi connectivity index (χ0v) is 12.1. The lowest BCUT2D eigenvalue weighted by Gasteiger charge is -2.11. The van der Waals surface area contributed by atoms with Gasteiger partial charge in [-0.05, 0) is 18.2 Å². The summed E-state index contributed by atoms with van der Waals surface area (Å²) in [6, 6.07) is 7.13. The topological polar surface area (TPSA) is 46.8 Å². The van der Waals surface area contributed by atoms with E-state index in [1.54, 1.807) is 23.5 Å². The van der Waals surface area contributed by atoms with Crippen LogP contribution in [0.15, 0.2) is 42.0 Å². The van der Waals surface area contributed by atoms with Crippen LogP contribution in [0.25, 0.3) is 4.96 Å². The molecule has 4 nitrogen and oxygen atoms in total. The fraction of sp³-hybridized carbons (Fsp3) is 0.214. The third-order valence-corrected chi connectivity index (χ3v) is 3.83. The molecule has 0 aliphatic heterocycles. The largest absolute Gasteiger partial charge is 0.491 e. The van der Waals surface area contributed by atoms with Crippen molar-refractivity contribution in [3.8, 4) is 5.75 Å². The summed E-state index contributed by atoms with van der Waals surface area (Å²) >= 11 is 7.44. The molecule has 0 saturated carbocycles. The van der Waals surface area contributed by atoms with Gasteiger partial charge in [0.05, 0.1) is 11.8 Å². The van der Waals surface area contributed by atoms with E-state index in [4.69, 9.17) is 16.3 Å². The zero-order valence-electron chi connectivity index (χ0n) is 10.6. The second kappa shape index (κ2) is 5.83. The SMILES string of the molecule is OC(COc1cccc(Cl)c1)Cc1cn2ccsc2n1. The highest BCUT2D eigenvalue weighted by Gasteiger charge is 2.10. The van der Waals surface area contributed by atoms with Crippen molar-refractivity contribution in [2.24, 2.45) is 0 Å². The molecule has 1 aromatic carbocycles. The van der Waals surface area contributed by atoms with Crippen LogP contribution in [0, 0.1) is 0 Å². The monoisotopic (exact) mass is 308 g/mol. The lowest BCUT2D eigenvalue weighted by molar-refractivity contribution is 0.107. The standard InChI is InChI=1S/C14H13ClN2O2S/c15-10-2-1-3-13(6-10)19-9-12(18)7-11-8-17-4-5-20-14(17)16-11/h1-6,8,12,18H,7,9H2. The van der Waals surface area contributed by atoms with Gasteiger partial charge in [0.25, 0.3) is 0 Å². The van der Waals surface area contributed by atoms with Crippen LogP contribution < -0.4 is 4.74 Å². The van der Waals surface area contributed by atoms with Crippen LogP contribution in [0.5, 0.6) is 5.75 Å². The highest BCUT2D eigenvalue weighted by atomic mass is 35.5. The number of hydrogen-bond donors (Lipinski definition) is 1. The molecule has 20 heavy (non-hydrogen) atoms. The van der Waals surface area contributed by atoms with Crippen LogP contribution >= 0.6 is 22.9 Å². The van der Waals surface area contributed by atoms with Gasteiger partial charge in [0.1, 0.15) is 12.4 Å². The first-order valence-corrected chi connectivity index (χ1v) is 7.44. The molecule has 1 unspecified atom stereocenters. The number of fused-ring (bicyclic) bond motifs is 1. The van der Waals surface area contributed by atoms with Crippen LogP contribution in [0.1, 0.15) is 5.69 Å². The summed E-state index contributed by atoms with van der Waals surface area (Å²) in [5, 5.41) is 12.6. The molecule has 0 aliphatic carbocycles. The van der Waals surface area contributed by atoms with E-state index in [1.165, 1.54) is 0 Å². The number of rotatable bonds is 5. The van der Waals surface area contributed by atoms with Gasteiger partial charge in [-0.15, -0.1) is 11.3 Å². The molecule has 6 heteroatoms. The Morgan fingerprint density at radius 1 is 1.45 bits per heavy atom. The Kier molecular flexibility index (Phi) is 3.91. The van der Waals surface area contributed by atoms with Gasteiger partial charge in [0.15, 0.2) is 4.96 Å². The fourth-order valence-corrected chi connectivity index (χ4v) is 2.82. The third-order valence-electron chi connectivity index (χ3n) is 2.83. The maximum atomic E-state index is 9.99. The summed E-state index contributed by atoms with van der Waals surface area (Å²) in [6.07, 6.45) is 3.74. The number of aromatic nitrogens is 2. The summed E-state index contributed by atoms with van der Waals surface area (Å²) in [5.41, 5.74) is 0.860. The van der Waals surface area contributed by atoms with E-state index < -0.39 is 6.10 Å². The van der Waals surface area contributed by atoms with Crippen LogP contribution in [0.4, 0.5) is 0 Å². The predicted octanol–water partition coefficient (Wildman–Crippen LogP) is 3.03. The molecule has 0 saturated heterocycles. The van der Waals surface area contributed by atoms with E-state index in [0.717, 1.165) is 10.7 Å². The molecule has 0 radical (unpaired) electrons. The number of benzene rings is 1. The average molecular weight is 309 g/mol. The molecule has 1 atom stereocenters. The van der Waals surface area contributed by atoms with Gasteiger partial charge in [-0.1, -0.05) is 17.7 Å². The molecule has 3 rings (SSSR count). The van der Waals surface area contributed by atoms with Crippen molar-refractivity contribution in [1.29, 1.82) is 0 Å². The minimum absolute atomic E-state index is 0.214. The second-order valence-corrected chi connectivity index (χ2v) is 5.76. The number of aliphatic hydroxyl groups is 1. The lowest BCUT2D eigenvalue weighted by atomic mass is 10.2. The van der Waals surface area contributed by atoms with E-state index in [0.29, 0.717) is 17.2 Å². The van der Waals surface area contributed by atoms with E-state index >= 15 is 0 Å². The van der Waals surface area contributed by atoms with Crippen LogP contribution in [0.3, 0.4) is 0 Å².